The Bertz CT molecular complexity index is 382. The number of ether oxygens (including phenoxy) is 2. The van der Waals surface area contributed by atoms with Gasteiger partial charge in [0, 0.05) is 27.5 Å². The van der Waals surface area contributed by atoms with E-state index in [1.165, 1.54) is 20.5 Å². The maximum Gasteiger partial charge on any atom is 0.217 e. The van der Waals surface area contributed by atoms with Gasteiger partial charge in [-0.1, -0.05) is 0 Å². The number of hydrogen-bond donors (Lipinski definition) is 0. The van der Waals surface area contributed by atoms with Crippen molar-refractivity contribution in [2.75, 3.05) is 14.2 Å². The number of carbonyl (C=O) groups is 2. The van der Waals surface area contributed by atoms with Gasteiger partial charge in [-0.2, -0.15) is 0 Å². The summed E-state index contributed by atoms with van der Waals surface area (Å²) in [7, 11) is 4.44. The number of ketones is 2. The molecule has 1 rings (SSSR count). The van der Waals surface area contributed by atoms with Crippen LogP contribution in [0.15, 0.2) is 12.5 Å². The van der Waals surface area contributed by atoms with Crippen molar-refractivity contribution in [3.63, 3.8) is 0 Å². The van der Waals surface area contributed by atoms with Gasteiger partial charge in [0.1, 0.15) is 5.69 Å². The van der Waals surface area contributed by atoms with Crippen LogP contribution < -0.4 is 0 Å². The number of rotatable bonds is 6. The van der Waals surface area contributed by atoms with Gasteiger partial charge in [0.2, 0.25) is 6.29 Å². The quantitative estimate of drug-likeness (QED) is 0.393. The highest BCUT2D eigenvalue weighted by Gasteiger charge is 2.21. The van der Waals surface area contributed by atoms with Crippen molar-refractivity contribution in [2.45, 2.75) is 12.7 Å². The predicted octanol–water partition coefficient (Wildman–Crippen LogP) is 0.181. The molecule has 1 aromatic rings. The Kier molecular flexibility index (Phi) is 4.33. The largest absolute Gasteiger partial charge is 0.349 e. The van der Waals surface area contributed by atoms with Crippen LogP contribution in [0.2, 0.25) is 0 Å². The second-order valence-electron chi connectivity index (χ2n) is 3.29. The van der Waals surface area contributed by atoms with Gasteiger partial charge in [-0.05, 0) is 0 Å². The second kappa shape index (κ2) is 5.53. The maximum absolute atomic E-state index is 11.6. The molecule has 1 heterocycles. The van der Waals surface area contributed by atoms with Gasteiger partial charge in [-0.25, -0.2) is 4.98 Å². The fraction of sp³-hybridized carbons (Fsp3) is 0.500. The van der Waals surface area contributed by atoms with E-state index in [0.29, 0.717) is 0 Å². The Morgan fingerprint density at radius 3 is 2.50 bits per heavy atom. The number of methoxy groups -OCH3 is 2. The summed E-state index contributed by atoms with van der Waals surface area (Å²) in [4.78, 5) is 26.9. The summed E-state index contributed by atoms with van der Waals surface area (Å²) in [5, 5.41) is 0. The molecule has 0 amide bonds. The summed E-state index contributed by atoms with van der Waals surface area (Å²) in [6, 6.07) is 0. The smallest absolute Gasteiger partial charge is 0.217 e. The van der Waals surface area contributed by atoms with E-state index < -0.39 is 12.1 Å². The Hall–Kier alpha value is -1.53. The first-order valence-electron chi connectivity index (χ1n) is 4.68. The number of hydrogen-bond acceptors (Lipinski definition) is 5. The summed E-state index contributed by atoms with van der Waals surface area (Å²) in [6.07, 6.45) is 1.79. The van der Waals surface area contributed by atoms with Crippen molar-refractivity contribution in [3.05, 3.63) is 18.2 Å². The summed E-state index contributed by atoms with van der Waals surface area (Å²) in [6.45, 7) is 0. The lowest BCUT2D eigenvalue weighted by Gasteiger charge is -2.10. The molecule has 0 aromatic carbocycles. The van der Waals surface area contributed by atoms with Gasteiger partial charge >= 0.3 is 0 Å². The lowest BCUT2D eigenvalue weighted by Crippen LogP contribution is -2.27. The molecule has 0 radical (unpaired) electrons. The van der Waals surface area contributed by atoms with Crippen molar-refractivity contribution < 1.29 is 19.1 Å². The first kappa shape index (κ1) is 12.5. The minimum Gasteiger partial charge on any atom is -0.349 e. The third-order valence-corrected chi connectivity index (χ3v) is 2.02. The van der Waals surface area contributed by atoms with Crippen molar-refractivity contribution >= 4 is 11.6 Å². The third-order valence-electron chi connectivity index (χ3n) is 2.02. The monoisotopic (exact) mass is 226 g/mol. The fourth-order valence-electron chi connectivity index (χ4n) is 1.25. The van der Waals surface area contributed by atoms with Gasteiger partial charge in [0.25, 0.3) is 0 Å². The molecular formula is C10H14N2O4. The van der Waals surface area contributed by atoms with E-state index in [0.717, 1.165) is 0 Å². The molecule has 0 aliphatic rings. The normalized spacial score (nSPS) is 10.8. The minimum atomic E-state index is -0.993. The topological polar surface area (TPSA) is 70.4 Å². The predicted molar refractivity (Wildman–Crippen MR) is 55.0 cm³/mol. The van der Waals surface area contributed by atoms with Crippen LogP contribution in [-0.4, -0.2) is 41.6 Å². The van der Waals surface area contributed by atoms with Crippen molar-refractivity contribution in [1.82, 2.24) is 9.55 Å². The highest BCUT2D eigenvalue weighted by Crippen LogP contribution is 2.04. The molecular weight excluding hydrogens is 212 g/mol. The zero-order valence-corrected chi connectivity index (χ0v) is 9.47. The van der Waals surface area contributed by atoms with Crippen molar-refractivity contribution in [2.24, 2.45) is 7.05 Å². The fourth-order valence-corrected chi connectivity index (χ4v) is 1.25. The van der Waals surface area contributed by atoms with Crippen LogP contribution in [0.25, 0.3) is 0 Å². The summed E-state index contributed by atoms with van der Waals surface area (Å²) >= 11 is 0. The molecule has 0 bridgehead atoms. The van der Waals surface area contributed by atoms with Crippen LogP contribution in [-0.2, 0) is 21.3 Å². The van der Waals surface area contributed by atoms with Crippen LogP contribution in [0.1, 0.15) is 16.9 Å². The number of carbonyl (C=O) groups excluding carboxylic acids is 2. The van der Waals surface area contributed by atoms with E-state index >= 15 is 0 Å². The second-order valence-corrected chi connectivity index (χ2v) is 3.29. The average Bonchev–Trinajstić information content (AvgIpc) is 2.66. The van der Waals surface area contributed by atoms with Gasteiger partial charge < -0.3 is 14.0 Å². The van der Waals surface area contributed by atoms with E-state index in [-0.39, 0.29) is 17.9 Å². The number of aromatic nitrogens is 2. The third kappa shape index (κ3) is 2.98. The molecule has 0 unspecified atom stereocenters. The molecule has 0 saturated carbocycles. The number of nitrogens with zero attached hydrogens (tertiary/aromatic N) is 2. The first-order valence-corrected chi connectivity index (χ1v) is 4.68. The van der Waals surface area contributed by atoms with Gasteiger partial charge in [0.05, 0.1) is 12.7 Å². The van der Waals surface area contributed by atoms with Crippen molar-refractivity contribution in [1.29, 1.82) is 0 Å². The van der Waals surface area contributed by atoms with E-state index in [1.807, 2.05) is 0 Å². The zero-order valence-electron chi connectivity index (χ0n) is 9.47. The van der Waals surface area contributed by atoms with E-state index in [4.69, 9.17) is 9.47 Å². The first-order chi connectivity index (χ1) is 7.58. The van der Waals surface area contributed by atoms with Gasteiger partial charge in [-0.15, -0.1) is 0 Å². The molecule has 0 aliphatic carbocycles. The van der Waals surface area contributed by atoms with Crippen LogP contribution in [0.4, 0.5) is 0 Å². The maximum atomic E-state index is 11.6. The molecule has 0 fully saturated rings. The van der Waals surface area contributed by atoms with Crippen LogP contribution in [0, 0.1) is 0 Å². The molecule has 6 heteroatoms. The minimum absolute atomic E-state index is 0.266. The van der Waals surface area contributed by atoms with E-state index in [1.54, 1.807) is 17.8 Å². The Balaban J connectivity index is 2.61. The molecule has 88 valence electrons. The highest BCUT2D eigenvalue weighted by molar-refractivity contribution is 6.07. The molecule has 0 saturated heterocycles. The molecule has 0 spiro atoms. The van der Waals surface area contributed by atoms with E-state index in [2.05, 4.69) is 4.98 Å². The molecule has 6 nitrogen and oxygen atoms in total. The SMILES string of the molecule is COC(OC)C(=O)CC(=O)c1cn(C)cn1. The standard InChI is InChI=1S/C10H14N2O4/c1-12-5-7(11-6-12)8(13)4-9(14)10(15-2)16-3/h5-6,10H,4H2,1-3H3. The Labute approximate surface area is 93.2 Å². The summed E-state index contributed by atoms with van der Waals surface area (Å²) < 4.78 is 11.1. The van der Waals surface area contributed by atoms with Gasteiger partial charge in [0.15, 0.2) is 11.6 Å². The van der Waals surface area contributed by atoms with Crippen LogP contribution in [0.5, 0.6) is 0 Å². The van der Waals surface area contributed by atoms with Crippen LogP contribution in [0.3, 0.4) is 0 Å². The highest BCUT2D eigenvalue weighted by atomic mass is 16.7. The molecule has 1 aromatic heterocycles. The number of Topliss-reactive ketones (excluding diaryl/α,β-unsaturated/α-hetero) is 2. The summed E-state index contributed by atoms with van der Waals surface area (Å²) in [5.41, 5.74) is 0.266. The van der Waals surface area contributed by atoms with Crippen LogP contribution >= 0.6 is 0 Å². The average molecular weight is 226 g/mol. The number of aryl methyl sites for hydroxylation is 1. The summed E-state index contributed by atoms with van der Waals surface area (Å²) in [5.74, 6) is -0.759. The molecule has 0 atom stereocenters. The molecule has 16 heavy (non-hydrogen) atoms. The number of imidazole rings is 1. The van der Waals surface area contributed by atoms with Crippen molar-refractivity contribution in [3.8, 4) is 0 Å². The molecule has 0 aliphatic heterocycles. The lowest BCUT2D eigenvalue weighted by atomic mass is 10.1. The lowest BCUT2D eigenvalue weighted by molar-refractivity contribution is -0.155. The van der Waals surface area contributed by atoms with Gasteiger partial charge in [-0.3, -0.25) is 9.59 Å². The molecule has 0 N–H and O–H groups in total. The van der Waals surface area contributed by atoms with E-state index in [9.17, 15) is 9.59 Å². The Morgan fingerprint density at radius 2 is 2.06 bits per heavy atom. The zero-order chi connectivity index (χ0) is 12.1. The Morgan fingerprint density at radius 1 is 1.44 bits per heavy atom.